The van der Waals surface area contributed by atoms with Gasteiger partial charge in [-0.1, -0.05) is 6.92 Å². The first-order valence-corrected chi connectivity index (χ1v) is 8.44. The number of ether oxygens (including phenoxy) is 1. The number of amides is 1. The fourth-order valence-corrected chi connectivity index (χ4v) is 3.28. The summed E-state index contributed by atoms with van der Waals surface area (Å²) < 4.78 is 5.29. The molecule has 1 aromatic rings. The van der Waals surface area contributed by atoms with E-state index < -0.39 is 0 Å². The van der Waals surface area contributed by atoms with Crippen molar-refractivity contribution < 1.29 is 14.3 Å². The van der Waals surface area contributed by atoms with Gasteiger partial charge in [0.2, 0.25) is 5.91 Å². The van der Waals surface area contributed by atoms with Crippen LogP contribution in [0.25, 0.3) is 0 Å². The Labute approximate surface area is 134 Å². The van der Waals surface area contributed by atoms with Crippen LogP contribution in [0.4, 0.5) is 5.00 Å². The van der Waals surface area contributed by atoms with E-state index in [-0.39, 0.29) is 18.0 Å². The molecule has 0 unspecified atom stereocenters. The molecule has 21 heavy (non-hydrogen) atoms. The quantitative estimate of drug-likeness (QED) is 0.603. The summed E-state index contributed by atoms with van der Waals surface area (Å²) in [7, 11) is 0. The summed E-state index contributed by atoms with van der Waals surface area (Å²) in [5.41, 5.74) is 1.44. The van der Waals surface area contributed by atoms with Crippen LogP contribution in [0.2, 0.25) is 0 Å². The fraction of sp³-hybridized carbons (Fsp3) is 0.600. The first-order valence-electron chi connectivity index (χ1n) is 7.09. The van der Waals surface area contributed by atoms with E-state index in [1.807, 2.05) is 27.7 Å². The van der Waals surface area contributed by atoms with Crippen molar-refractivity contribution in [2.24, 2.45) is 0 Å². The zero-order valence-electron chi connectivity index (χ0n) is 12.9. The molecule has 0 aliphatic carbocycles. The van der Waals surface area contributed by atoms with Crippen molar-refractivity contribution in [3.8, 4) is 0 Å². The number of halogens is 1. The summed E-state index contributed by atoms with van der Waals surface area (Å²) in [5.74, 6) is -0.0590. The van der Waals surface area contributed by atoms with Crippen molar-refractivity contribution in [1.29, 1.82) is 0 Å². The summed E-state index contributed by atoms with van der Waals surface area (Å²) in [6.45, 7) is 7.55. The highest BCUT2D eigenvalue weighted by atomic mass is 35.5. The fourth-order valence-electron chi connectivity index (χ4n) is 2.00. The molecular formula is C15H22ClNO3S. The molecule has 0 spiro atoms. The smallest absolute Gasteiger partial charge is 0.341 e. The number of carbonyl (C=O) groups is 2. The number of anilines is 1. The average Bonchev–Trinajstić information content (AvgIpc) is 2.71. The third-order valence-electron chi connectivity index (χ3n) is 2.90. The van der Waals surface area contributed by atoms with Crippen LogP contribution in [0, 0.1) is 6.92 Å². The highest BCUT2D eigenvalue weighted by Crippen LogP contribution is 2.34. The zero-order chi connectivity index (χ0) is 16.0. The van der Waals surface area contributed by atoms with Gasteiger partial charge in [0.1, 0.15) is 5.00 Å². The number of alkyl halides is 1. The van der Waals surface area contributed by atoms with Crippen LogP contribution >= 0.6 is 22.9 Å². The second-order valence-corrected chi connectivity index (χ2v) is 6.59. The third-order valence-corrected chi connectivity index (χ3v) is 4.23. The van der Waals surface area contributed by atoms with Gasteiger partial charge in [-0.15, -0.1) is 22.9 Å². The second kappa shape index (κ2) is 8.39. The molecule has 0 aliphatic rings. The Bertz CT molecular complexity index is 511. The molecule has 1 amide bonds. The predicted molar refractivity (Wildman–Crippen MR) is 87.6 cm³/mol. The normalized spacial score (nSPS) is 10.8. The van der Waals surface area contributed by atoms with Crippen LogP contribution in [0.1, 0.15) is 54.4 Å². The Morgan fingerprint density at radius 3 is 2.57 bits per heavy atom. The molecule has 4 nitrogen and oxygen atoms in total. The maximum absolute atomic E-state index is 12.3. The van der Waals surface area contributed by atoms with Crippen molar-refractivity contribution in [3.63, 3.8) is 0 Å². The van der Waals surface area contributed by atoms with Crippen molar-refractivity contribution >= 4 is 39.8 Å². The SMILES string of the molecule is CCc1c(C)sc(NC(=O)CCCCl)c1C(=O)OC(C)C. The van der Waals surface area contributed by atoms with E-state index >= 15 is 0 Å². The van der Waals surface area contributed by atoms with E-state index in [2.05, 4.69) is 5.32 Å². The molecule has 6 heteroatoms. The molecule has 0 saturated heterocycles. The molecule has 0 aromatic carbocycles. The molecule has 0 atom stereocenters. The van der Waals surface area contributed by atoms with Gasteiger partial charge in [0, 0.05) is 17.2 Å². The lowest BCUT2D eigenvalue weighted by Gasteiger charge is -2.11. The largest absolute Gasteiger partial charge is 0.459 e. The molecule has 1 rings (SSSR count). The van der Waals surface area contributed by atoms with Gasteiger partial charge < -0.3 is 10.1 Å². The molecule has 0 fully saturated rings. The van der Waals surface area contributed by atoms with Crippen LogP contribution < -0.4 is 5.32 Å². The molecule has 1 aromatic heterocycles. The van der Waals surface area contributed by atoms with Gasteiger partial charge in [-0.2, -0.15) is 0 Å². The minimum Gasteiger partial charge on any atom is -0.459 e. The van der Waals surface area contributed by atoms with Crippen LogP contribution in [0.5, 0.6) is 0 Å². The Kier molecular flexibility index (Phi) is 7.18. The Morgan fingerprint density at radius 1 is 1.38 bits per heavy atom. The van der Waals surface area contributed by atoms with Gasteiger partial charge >= 0.3 is 5.97 Å². The molecule has 118 valence electrons. The number of esters is 1. The number of thiophene rings is 1. The average molecular weight is 332 g/mol. The van der Waals surface area contributed by atoms with Crippen LogP contribution in [-0.2, 0) is 16.0 Å². The van der Waals surface area contributed by atoms with Crippen LogP contribution in [-0.4, -0.2) is 23.9 Å². The van der Waals surface area contributed by atoms with E-state index in [1.54, 1.807) is 0 Å². The van der Waals surface area contributed by atoms with Crippen molar-refractivity contribution in [1.82, 2.24) is 0 Å². The van der Waals surface area contributed by atoms with Crippen LogP contribution in [0.15, 0.2) is 0 Å². The predicted octanol–water partition coefficient (Wildman–Crippen LogP) is 4.14. The first kappa shape index (κ1) is 18.0. The lowest BCUT2D eigenvalue weighted by Crippen LogP contribution is -2.17. The Hall–Kier alpha value is -1.07. The van der Waals surface area contributed by atoms with Crippen molar-refractivity contribution in [2.75, 3.05) is 11.2 Å². The van der Waals surface area contributed by atoms with Gasteiger partial charge in [-0.05, 0) is 39.2 Å². The minimum absolute atomic E-state index is 0.127. The molecule has 0 saturated carbocycles. The van der Waals surface area contributed by atoms with E-state index in [4.69, 9.17) is 16.3 Å². The summed E-state index contributed by atoms with van der Waals surface area (Å²) in [4.78, 5) is 25.2. The van der Waals surface area contributed by atoms with Crippen LogP contribution in [0.3, 0.4) is 0 Å². The molecule has 0 radical (unpaired) electrons. The number of aryl methyl sites for hydroxylation is 1. The van der Waals surface area contributed by atoms with Gasteiger partial charge in [0.05, 0.1) is 11.7 Å². The van der Waals surface area contributed by atoms with E-state index in [9.17, 15) is 9.59 Å². The first-order chi connectivity index (χ1) is 9.90. The second-order valence-electron chi connectivity index (χ2n) is 4.99. The highest BCUT2D eigenvalue weighted by Gasteiger charge is 2.24. The van der Waals surface area contributed by atoms with Gasteiger partial charge in [0.25, 0.3) is 0 Å². The maximum atomic E-state index is 12.3. The monoisotopic (exact) mass is 331 g/mol. The third kappa shape index (κ3) is 5.00. The number of nitrogens with one attached hydrogen (secondary N) is 1. The van der Waals surface area contributed by atoms with E-state index in [0.717, 1.165) is 16.9 Å². The number of hydrogen-bond donors (Lipinski definition) is 1. The molecular weight excluding hydrogens is 310 g/mol. The summed E-state index contributed by atoms with van der Waals surface area (Å²) in [6.07, 6.45) is 1.50. The molecule has 0 bridgehead atoms. The van der Waals surface area contributed by atoms with E-state index in [0.29, 0.717) is 29.3 Å². The van der Waals surface area contributed by atoms with Gasteiger partial charge in [-0.25, -0.2) is 4.79 Å². The van der Waals surface area contributed by atoms with Crippen molar-refractivity contribution in [2.45, 2.75) is 53.1 Å². The number of carbonyl (C=O) groups excluding carboxylic acids is 2. The summed E-state index contributed by atoms with van der Waals surface area (Å²) in [5, 5.41) is 3.39. The maximum Gasteiger partial charge on any atom is 0.341 e. The van der Waals surface area contributed by atoms with Crippen molar-refractivity contribution in [3.05, 3.63) is 16.0 Å². The highest BCUT2D eigenvalue weighted by molar-refractivity contribution is 7.16. The van der Waals surface area contributed by atoms with Gasteiger partial charge in [-0.3, -0.25) is 4.79 Å². The standard InChI is InChI=1S/C15H22ClNO3S/c1-5-11-10(4)21-14(17-12(18)7-6-8-16)13(11)15(19)20-9(2)3/h9H,5-8H2,1-4H3,(H,17,18). The molecule has 0 aliphatic heterocycles. The topological polar surface area (TPSA) is 55.4 Å². The zero-order valence-corrected chi connectivity index (χ0v) is 14.5. The lowest BCUT2D eigenvalue weighted by molar-refractivity contribution is -0.116. The Balaban J connectivity index is 3.03. The minimum atomic E-state index is -0.376. The molecule has 1 N–H and O–H groups in total. The Morgan fingerprint density at radius 2 is 2.05 bits per heavy atom. The lowest BCUT2D eigenvalue weighted by atomic mass is 10.1. The summed E-state index contributed by atoms with van der Waals surface area (Å²) >= 11 is 7.00. The van der Waals surface area contributed by atoms with Gasteiger partial charge in [0.15, 0.2) is 0 Å². The number of rotatable bonds is 7. The molecule has 1 heterocycles. The number of hydrogen-bond acceptors (Lipinski definition) is 4. The summed E-state index contributed by atoms with van der Waals surface area (Å²) in [6, 6.07) is 0. The van der Waals surface area contributed by atoms with E-state index in [1.165, 1.54) is 11.3 Å².